The Morgan fingerprint density at radius 1 is 1.30 bits per heavy atom. The summed E-state index contributed by atoms with van der Waals surface area (Å²) in [5.74, 6) is 0.433. The number of fused-ring (bicyclic) bond motifs is 1. The molecule has 0 radical (unpaired) electrons. The molecule has 0 aliphatic heterocycles. The summed E-state index contributed by atoms with van der Waals surface area (Å²) < 4.78 is 5.15. The third-order valence-electron chi connectivity index (χ3n) is 2.84. The van der Waals surface area contributed by atoms with E-state index in [9.17, 15) is 9.59 Å². The summed E-state index contributed by atoms with van der Waals surface area (Å²) in [7, 11) is 3.12. The van der Waals surface area contributed by atoms with Gasteiger partial charge in [-0.1, -0.05) is 13.8 Å². The highest BCUT2D eigenvalue weighted by Crippen LogP contribution is 2.22. The first kappa shape index (κ1) is 18.7. The van der Waals surface area contributed by atoms with Crippen LogP contribution in [0.5, 0.6) is 5.75 Å². The van der Waals surface area contributed by atoms with Gasteiger partial charge in [-0.25, -0.2) is 0 Å². The number of pyridine rings is 1. The second-order valence-electron chi connectivity index (χ2n) is 4.13. The van der Waals surface area contributed by atoms with Gasteiger partial charge in [0.15, 0.2) is 5.62 Å². The number of benzene rings is 1. The number of amides is 1. The minimum Gasteiger partial charge on any atom is -0.497 e. The van der Waals surface area contributed by atoms with E-state index in [4.69, 9.17) is 4.74 Å². The van der Waals surface area contributed by atoms with Crippen LogP contribution >= 0.6 is 11.8 Å². The monoisotopic (exact) mass is 332 g/mol. The lowest BCUT2D eigenvalue weighted by molar-refractivity contribution is -0.116. The number of nitrogens with zero attached hydrogens (tertiary/aromatic N) is 1. The Balaban J connectivity index is 0.00000127. The summed E-state index contributed by atoms with van der Waals surface area (Å²) in [6.45, 7) is 4.00. The van der Waals surface area contributed by atoms with Crippen molar-refractivity contribution in [3.8, 4) is 5.75 Å². The molecule has 1 aromatic heterocycles. The average Bonchev–Trinajstić information content (AvgIpc) is 2.61. The van der Waals surface area contributed by atoms with Crippen molar-refractivity contribution in [2.75, 3.05) is 14.2 Å². The molecule has 1 N–H and O–H groups in total. The van der Waals surface area contributed by atoms with Crippen molar-refractivity contribution in [2.45, 2.75) is 13.8 Å². The zero-order chi connectivity index (χ0) is 17.2. The number of methoxy groups -OCH3 is 1. The van der Waals surface area contributed by atoms with Gasteiger partial charge < -0.3 is 10.1 Å². The van der Waals surface area contributed by atoms with Crippen molar-refractivity contribution < 1.29 is 14.3 Å². The Hall–Kier alpha value is -2.34. The van der Waals surface area contributed by atoms with Crippen molar-refractivity contribution in [3.05, 3.63) is 40.9 Å². The summed E-state index contributed by atoms with van der Waals surface area (Å²) in [4.78, 5) is 26.9. The standard InChI is InChI=1S/C15H14N2O3S.C2H6/c1-16-15(19)14(21-9-18)6-10-5-11-3-4-12(20-2)7-13(11)17-8-10;1-2/h3-9H,1-2H3,(H,16,19);1-2H3/b14-6-;. The van der Waals surface area contributed by atoms with Crippen molar-refractivity contribution in [2.24, 2.45) is 0 Å². The van der Waals surface area contributed by atoms with Crippen LogP contribution in [-0.2, 0) is 9.59 Å². The minimum atomic E-state index is -0.304. The number of aromatic nitrogens is 1. The number of nitrogens with one attached hydrogen (secondary N) is 1. The predicted molar refractivity (Wildman–Crippen MR) is 96.0 cm³/mol. The van der Waals surface area contributed by atoms with E-state index in [1.165, 1.54) is 7.05 Å². The first-order chi connectivity index (χ1) is 11.2. The van der Waals surface area contributed by atoms with Crippen molar-refractivity contribution >= 4 is 40.3 Å². The van der Waals surface area contributed by atoms with Gasteiger partial charge in [0.25, 0.3) is 5.91 Å². The number of thioether (sulfide) groups is 1. The molecule has 122 valence electrons. The zero-order valence-electron chi connectivity index (χ0n) is 13.6. The van der Waals surface area contributed by atoms with Crippen LogP contribution in [0.2, 0.25) is 0 Å². The number of carbonyl (C=O) groups is 2. The van der Waals surface area contributed by atoms with Crippen LogP contribution in [-0.4, -0.2) is 30.7 Å². The molecular weight excluding hydrogens is 312 g/mol. The van der Waals surface area contributed by atoms with Crippen LogP contribution < -0.4 is 10.1 Å². The molecule has 0 fully saturated rings. The second kappa shape index (κ2) is 9.63. The highest BCUT2D eigenvalue weighted by Gasteiger charge is 2.08. The lowest BCUT2D eigenvalue weighted by Gasteiger charge is -2.04. The molecule has 1 amide bonds. The van der Waals surface area contributed by atoms with Gasteiger partial charge in [-0.2, -0.15) is 0 Å². The van der Waals surface area contributed by atoms with E-state index in [1.807, 2.05) is 38.1 Å². The lowest BCUT2D eigenvalue weighted by Crippen LogP contribution is -2.18. The maximum absolute atomic E-state index is 11.7. The normalized spacial score (nSPS) is 10.5. The third-order valence-corrected chi connectivity index (χ3v) is 3.49. The fourth-order valence-electron chi connectivity index (χ4n) is 1.80. The highest BCUT2D eigenvalue weighted by molar-refractivity contribution is 8.16. The number of ether oxygens (including phenoxy) is 1. The van der Waals surface area contributed by atoms with Gasteiger partial charge in [0.05, 0.1) is 17.5 Å². The molecule has 0 saturated carbocycles. The minimum absolute atomic E-state index is 0.304. The molecular formula is C17H20N2O3S. The molecule has 1 aromatic carbocycles. The smallest absolute Gasteiger partial charge is 0.257 e. The number of likely N-dealkylation sites (N-methyl/N-ethyl adjacent to an activating group) is 1. The van der Waals surface area contributed by atoms with Crippen LogP contribution in [0.3, 0.4) is 0 Å². The summed E-state index contributed by atoms with van der Waals surface area (Å²) >= 11 is 0.836. The molecule has 6 heteroatoms. The van der Waals surface area contributed by atoms with Gasteiger partial charge in [0.1, 0.15) is 5.75 Å². The van der Waals surface area contributed by atoms with Crippen LogP contribution in [0.15, 0.2) is 35.4 Å². The van der Waals surface area contributed by atoms with E-state index >= 15 is 0 Å². The molecule has 2 rings (SSSR count). The van der Waals surface area contributed by atoms with Crippen molar-refractivity contribution in [1.82, 2.24) is 10.3 Å². The molecule has 0 unspecified atom stereocenters. The molecule has 2 aromatic rings. The van der Waals surface area contributed by atoms with E-state index in [1.54, 1.807) is 19.4 Å². The first-order valence-corrected chi connectivity index (χ1v) is 8.03. The van der Waals surface area contributed by atoms with Gasteiger partial charge in [-0.05, 0) is 41.6 Å². The van der Waals surface area contributed by atoms with Crippen LogP contribution in [0.4, 0.5) is 0 Å². The Kier molecular flexibility index (Phi) is 7.83. The fourth-order valence-corrected chi connectivity index (χ4v) is 2.32. The Bertz CT molecular complexity index is 714. The first-order valence-electron chi connectivity index (χ1n) is 7.16. The van der Waals surface area contributed by atoms with E-state index in [0.717, 1.165) is 34.0 Å². The third kappa shape index (κ3) is 5.10. The fraction of sp³-hybridized carbons (Fsp3) is 0.235. The second-order valence-corrected chi connectivity index (χ2v) is 5.00. The summed E-state index contributed by atoms with van der Waals surface area (Å²) in [5, 5.41) is 3.43. The average molecular weight is 332 g/mol. The van der Waals surface area contributed by atoms with Gasteiger partial charge in [-0.3, -0.25) is 14.6 Å². The molecule has 0 saturated heterocycles. The lowest BCUT2D eigenvalue weighted by atomic mass is 10.1. The Morgan fingerprint density at radius 2 is 2.04 bits per heavy atom. The molecule has 0 atom stereocenters. The van der Waals surface area contributed by atoms with Crippen molar-refractivity contribution in [3.63, 3.8) is 0 Å². The maximum Gasteiger partial charge on any atom is 0.257 e. The number of hydrogen-bond donors (Lipinski definition) is 1. The van der Waals surface area contributed by atoms with E-state index in [0.29, 0.717) is 10.5 Å². The zero-order valence-corrected chi connectivity index (χ0v) is 14.4. The maximum atomic E-state index is 11.7. The van der Waals surface area contributed by atoms with Crippen LogP contribution in [0, 0.1) is 0 Å². The topological polar surface area (TPSA) is 68.3 Å². The quantitative estimate of drug-likeness (QED) is 0.672. The number of carbonyl (C=O) groups excluding carboxylic acids is 2. The summed E-state index contributed by atoms with van der Waals surface area (Å²) in [6.07, 6.45) is 3.28. The van der Waals surface area contributed by atoms with Crippen molar-refractivity contribution in [1.29, 1.82) is 0 Å². The van der Waals surface area contributed by atoms with Gasteiger partial charge in [-0.15, -0.1) is 0 Å². The molecule has 0 spiro atoms. The summed E-state index contributed by atoms with van der Waals surface area (Å²) in [6, 6.07) is 7.47. The number of rotatable bonds is 5. The van der Waals surface area contributed by atoms with Gasteiger partial charge >= 0.3 is 0 Å². The molecule has 23 heavy (non-hydrogen) atoms. The predicted octanol–water partition coefficient (Wildman–Crippen LogP) is 3.28. The SMILES string of the molecule is CC.CNC(=O)/C(=C/c1cnc2cc(OC)ccc2c1)SC=O. The van der Waals surface area contributed by atoms with Crippen LogP contribution in [0.1, 0.15) is 19.4 Å². The molecule has 0 aliphatic rings. The van der Waals surface area contributed by atoms with Gasteiger partial charge in [0, 0.05) is 24.7 Å². The van der Waals surface area contributed by atoms with E-state index in [2.05, 4.69) is 10.3 Å². The highest BCUT2D eigenvalue weighted by atomic mass is 32.2. The molecule has 1 heterocycles. The Morgan fingerprint density at radius 3 is 2.65 bits per heavy atom. The summed E-state index contributed by atoms with van der Waals surface area (Å²) in [5.41, 5.74) is 2.18. The van der Waals surface area contributed by atoms with Crippen LogP contribution in [0.25, 0.3) is 17.0 Å². The molecule has 5 nitrogen and oxygen atoms in total. The number of hydrogen-bond acceptors (Lipinski definition) is 5. The van der Waals surface area contributed by atoms with E-state index in [-0.39, 0.29) is 5.91 Å². The van der Waals surface area contributed by atoms with E-state index < -0.39 is 0 Å². The molecule has 0 bridgehead atoms. The largest absolute Gasteiger partial charge is 0.497 e. The molecule has 0 aliphatic carbocycles. The van der Waals surface area contributed by atoms with Gasteiger partial charge in [0.2, 0.25) is 0 Å². The Labute approximate surface area is 140 Å².